The largest absolute Gasteiger partial charge is 0.478 e. The number of hydrogen-bond acceptors (Lipinski definition) is 7. The molecular weight excluding hydrogens is 436 g/mol. The second-order valence-electron chi connectivity index (χ2n) is 6.74. The highest BCUT2D eigenvalue weighted by Crippen LogP contribution is 2.34. The number of furan rings is 1. The molecule has 0 bridgehead atoms. The summed E-state index contributed by atoms with van der Waals surface area (Å²) in [7, 11) is 0. The first-order valence-corrected chi connectivity index (χ1v) is 10.1. The lowest BCUT2D eigenvalue weighted by atomic mass is 10.1. The maximum absolute atomic E-state index is 12.7. The summed E-state index contributed by atoms with van der Waals surface area (Å²) in [4.78, 5) is 47.9. The van der Waals surface area contributed by atoms with E-state index in [4.69, 9.17) is 4.42 Å². The van der Waals surface area contributed by atoms with Gasteiger partial charge < -0.3 is 9.52 Å². The molecule has 0 aliphatic carbocycles. The minimum Gasteiger partial charge on any atom is -0.478 e. The molecule has 9 nitrogen and oxygen atoms in total. The summed E-state index contributed by atoms with van der Waals surface area (Å²) in [6.45, 7) is -0.0185. The predicted molar refractivity (Wildman–Crippen MR) is 116 cm³/mol. The van der Waals surface area contributed by atoms with Gasteiger partial charge in [-0.1, -0.05) is 30.3 Å². The number of carboxylic acids is 1. The lowest BCUT2D eigenvalue weighted by molar-refractivity contribution is -0.384. The number of carbonyl (C=O) groups excluding carboxylic acids is 2. The van der Waals surface area contributed by atoms with Gasteiger partial charge in [-0.15, -0.1) is 0 Å². The van der Waals surface area contributed by atoms with E-state index < -0.39 is 22.0 Å². The zero-order valence-electron chi connectivity index (χ0n) is 16.3. The molecule has 1 saturated heterocycles. The first kappa shape index (κ1) is 21.1. The average molecular weight is 450 g/mol. The summed E-state index contributed by atoms with van der Waals surface area (Å²) in [5, 5.41) is 19.6. The number of nitrogens with zero attached hydrogens (tertiary/aromatic N) is 2. The van der Waals surface area contributed by atoms with Gasteiger partial charge in [-0.05, 0) is 35.5 Å². The van der Waals surface area contributed by atoms with Crippen LogP contribution in [0, 0.1) is 10.1 Å². The van der Waals surface area contributed by atoms with Crippen molar-refractivity contribution in [1.82, 2.24) is 4.90 Å². The van der Waals surface area contributed by atoms with Crippen LogP contribution < -0.4 is 0 Å². The first-order chi connectivity index (χ1) is 15.3. The Morgan fingerprint density at radius 3 is 2.50 bits per heavy atom. The van der Waals surface area contributed by atoms with Crippen LogP contribution in [0.3, 0.4) is 0 Å². The molecule has 4 rings (SSSR count). The highest BCUT2D eigenvalue weighted by atomic mass is 32.2. The summed E-state index contributed by atoms with van der Waals surface area (Å²) < 4.78 is 5.70. The van der Waals surface area contributed by atoms with Crippen molar-refractivity contribution in [3.63, 3.8) is 0 Å². The number of carboxylic acid groups (broad SMARTS) is 1. The molecule has 32 heavy (non-hydrogen) atoms. The minimum absolute atomic E-state index is 0.0185. The van der Waals surface area contributed by atoms with Crippen LogP contribution in [0.1, 0.15) is 21.7 Å². The SMILES string of the molecule is O=C(O)c1ccccc1-c1ccc(/C=C2\SC(=O)N(Cc3ccc([N+](=O)[O-])cc3)C2=O)o1. The Morgan fingerprint density at radius 2 is 1.81 bits per heavy atom. The van der Waals surface area contributed by atoms with Gasteiger partial charge in [0.25, 0.3) is 16.8 Å². The van der Waals surface area contributed by atoms with Gasteiger partial charge >= 0.3 is 5.97 Å². The molecule has 2 heterocycles. The third-order valence-corrected chi connectivity index (χ3v) is 5.59. The fraction of sp³-hybridized carbons (Fsp3) is 0.0455. The van der Waals surface area contributed by atoms with Crippen molar-refractivity contribution in [2.24, 2.45) is 0 Å². The fourth-order valence-corrected chi connectivity index (χ4v) is 3.95. The van der Waals surface area contributed by atoms with E-state index in [1.807, 2.05) is 0 Å². The number of benzene rings is 2. The minimum atomic E-state index is -1.09. The third-order valence-electron chi connectivity index (χ3n) is 4.68. The van der Waals surface area contributed by atoms with E-state index in [-0.39, 0.29) is 22.7 Å². The van der Waals surface area contributed by atoms with E-state index in [9.17, 15) is 29.6 Å². The number of non-ortho nitro benzene ring substituents is 1. The van der Waals surface area contributed by atoms with E-state index in [0.29, 0.717) is 22.6 Å². The molecule has 1 aliphatic heterocycles. The molecule has 0 unspecified atom stereocenters. The van der Waals surface area contributed by atoms with Gasteiger partial charge in [-0.25, -0.2) is 4.79 Å². The van der Waals surface area contributed by atoms with Crippen LogP contribution in [-0.2, 0) is 11.3 Å². The van der Waals surface area contributed by atoms with Crippen LogP contribution in [0.5, 0.6) is 0 Å². The van der Waals surface area contributed by atoms with Gasteiger partial charge in [0.15, 0.2) is 0 Å². The quantitative estimate of drug-likeness (QED) is 0.322. The van der Waals surface area contributed by atoms with E-state index in [0.717, 1.165) is 16.7 Å². The molecule has 0 atom stereocenters. The molecule has 0 spiro atoms. The number of aromatic carboxylic acids is 1. The molecule has 1 N–H and O–H groups in total. The molecule has 1 fully saturated rings. The molecule has 2 amide bonds. The van der Waals surface area contributed by atoms with Crippen molar-refractivity contribution in [2.75, 3.05) is 0 Å². The summed E-state index contributed by atoms with van der Waals surface area (Å²) in [6, 6.07) is 15.1. The molecular formula is C22H14N2O7S. The van der Waals surface area contributed by atoms with Gasteiger partial charge in [-0.3, -0.25) is 24.6 Å². The maximum Gasteiger partial charge on any atom is 0.336 e. The number of rotatable bonds is 6. The third kappa shape index (κ3) is 4.16. The van der Waals surface area contributed by atoms with E-state index in [1.165, 1.54) is 36.4 Å². The van der Waals surface area contributed by atoms with Crippen molar-refractivity contribution in [2.45, 2.75) is 6.54 Å². The molecule has 1 aliphatic rings. The van der Waals surface area contributed by atoms with Crippen molar-refractivity contribution in [3.8, 4) is 11.3 Å². The van der Waals surface area contributed by atoms with Crippen LogP contribution in [0.4, 0.5) is 10.5 Å². The van der Waals surface area contributed by atoms with Crippen LogP contribution in [-0.4, -0.2) is 32.0 Å². The molecule has 0 radical (unpaired) electrons. The number of imide groups is 1. The number of hydrogen-bond donors (Lipinski definition) is 1. The Balaban J connectivity index is 1.54. The number of thioether (sulfide) groups is 1. The molecule has 10 heteroatoms. The van der Waals surface area contributed by atoms with Crippen LogP contribution in [0.25, 0.3) is 17.4 Å². The van der Waals surface area contributed by atoms with E-state index in [1.54, 1.807) is 30.3 Å². The lowest BCUT2D eigenvalue weighted by Crippen LogP contribution is -2.27. The fourth-order valence-electron chi connectivity index (χ4n) is 3.13. The number of nitro groups is 1. The van der Waals surface area contributed by atoms with Crippen LogP contribution in [0.15, 0.2) is 70.0 Å². The topological polar surface area (TPSA) is 131 Å². The van der Waals surface area contributed by atoms with Crippen molar-refractivity contribution in [3.05, 3.63) is 92.6 Å². The molecule has 1 aromatic heterocycles. The zero-order valence-corrected chi connectivity index (χ0v) is 17.1. The molecule has 3 aromatic rings. The van der Waals surface area contributed by atoms with Crippen LogP contribution in [0.2, 0.25) is 0 Å². The van der Waals surface area contributed by atoms with E-state index in [2.05, 4.69) is 0 Å². The van der Waals surface area contributed by atoms with Gasteiger partial charge in [0.2, 0.25) is 0 Å². The second kappa shape index (κ2) is 8.52. The van der Waals surface area contributed by atoms with Gasteiger partial charge in [0.05, 0.1) is 21.9 Å². The number of nitro benzene ring substituents is 1. The Morgan fingerprint density at radius 1 is 1.09 bits per heavy atom. The van der Waals surface area contributed by atoms with Gasteiger partial charge in [0.1, 0.15) is 11.5 Å². The van der Waals surface area contributed by atoms with Gasteiger partial charge in [0, 0.05) is 23.8 Å². The average Bonchev–Trinajstić information content (AvgIpc) is 3.34. The normalized spacial score (nSPS) is 14.9. The second-order valence-corrected chi connectivity index (χ2v) is 7.74. The monoisotopic (exact) mass is 450 g/mol. The van der Waals surface area contributed by atoms with Crippen LogP contribution >= 0.6 is 11.8 Å². The van der Waals surface area contributed by atoms with Gasteiger partial charge in [-0.2, -0.15) is 0 Å². The highest BCUT2D eigenvalue weighted by Gasteiger charge is 2.35. The van der Waals surface area contributed by atoms with E-state index >= 15 is 0 Å². The van der Waals surface area contributed by atoms with Crippen molar-refractivity contribution < 1.29 is 28.8 Å². The lowest BCUT2D eigenvalue weighted by Gasteiger charge is -2.12. The Kier molecular flexibility index (Phi) is 5.61. The Labute approximate surface area is 185 Å². The summed E-state index contributed by atoms with van der Waals surface area (Å²) in [5.74, 6) is -0.992. The number of amides is 2. The van der Waals surface area contributed by atoms with Crippen molar-refractivity contribution >= 4 is 40.6 Å². The molecule has 0 saturated carbocycles. The first-order valence-electron chi connectivity index (χ1n) is 9.24. The smallest absolute Gasteiger partial charge is 0.336 e. The Hall–Kier alpha value is -4.18. The maximum atomic E-state index is 12.7. The number of carbonyl (C=O) groups is 3. The molecule has 160 valence electrons. The Bertz CT molecular complexity index is 1280. The standard InChI is InChI=1S/C22H14N2O7S/c25-20-19(32-22(28)23(20)12-13-5-7-14(8-6-13)24(29)30)11-15-9-10-18(31-15)16-3-1-2-4-17(16)21(26)27/h1-11H,12H2,(H,26,27)/b19-11-. The molecule has 2 aromatic carbocycles. The summed E-state index contributed by atoms with van der Waals surface area (Å²) >= 11 is 0.753. The highest BCUT2D eigenvalue weighted by molar-refractivity contribution is 8.18. The van der Waals surface area contributed by atoms with Crippen molar-refractivity contribution in [1.29, 1.82) is 0 Å². The summed E-state index contributed by atoms with van der Waals surface area (Å²) in [6.07, 6.45) is 1.42. The predicted octanol–water partition coefficient (Wildman–Crippen LogP) is 4.79. The summed E-state index contributed by atoms with van der Waals surface area (Å²) in [5.41, 5.74) is 0.966. The zero-order chi connectivity index (χ0) is 22.8.